The Morgan fingerprint density at radius 2 is 1.81 bits per heavy atom. The van der Waals surface area contributed by atoms with Gasteiger partial charge in [-0.25, -0.2) is 0 Å². The van der Waals surface area contributed by atoms with Crippen molar-refractivity contribution in [1.29, 1.82) is 0 Å². The zero-order valence-electron chi connectivity index (χ0n) is 12.0. The number of hydrogen-bond donors (Lipinski definition) is 1. The summed E-state index contributed by atoms with van der Waals surface area (Å²) in [6, 6.07) is 5.45. The molecule has 0 saturated heterocycles. The molecule has 2 aromatic rings. The fourth-order valence-corrected chi connectivity index (χ4v) is 4.04. The van der Waals surface area contributed by atoms with E-state index in [4.69, 9.17) is 33.5 Å². The Labute approximate surface area is 134 Å². The van der Waals surface area contributed by atoms with E-state index in [1.807, 2.05) is 18.2 Å². The van der Waals surface area contributed by atoms with E-state index in [0.717, 1.165) is 36.1 Å². The van der Waals surface area contributed by atoms with Gasteiger partial charge in [0.25, 0.3) is 0 Å². The molecule has 1 fully saturated rings. The van der Waals surface area contributed by atoms with Crippen LogP contribution in [0.3, 0.4) is 0 Å². The summed E-state index contributed by atoms with van der Waals surface area (Å²) in [5.41, 5.74) is 8.49. The molecule has 0 atom stereocenters. The molecule has 0 unspecified atom stereocenters. The molecule has 112 valence electrons. The van der Waals surface area contributed by atoms with Gasteiger partial charge in [0, 0.05) is 11.0 Å². The van der Waals surface area contributed by atoms with Crippen molar-refractivity contribution >= 4 is 29.1 Å². The van der Waals surface area contributed by atoms with E-state index in [2.05, 4.69) is 12.1 Å². The predicted octanol–water partition coefficient (Wildman–Crippen LogP) is 5.45. The Kier molecular flexibility index (Phi) is 3.89. The number of nitrogens with zero attached hydrogens (tertiary/aromatic N) is 1. The Morgan fingerprint density at radius 1 is 1.19 bits per heavy atom. The van der Waals surface area contributed by atoms with Gasteiger partial charge in [-0.05, 0) is 31.4 Å². The molecule has 0 amide bonds. The molecule has 1 aliphatic carbocycles. The summed E-state index contributed by atoms with van der Waals surface area (Å²) in [5, 5.41) is 5.43. The Bertz CT molecular complexity index is 640. The Balaban J connectivity index is 2.23. The van der Waals surface area contributed by atoms with Crippen molar-refractivity contribution in [3.63, 3.8) is 0 Å². The molecule has 5 heteroatoms. The van der Waals surface area contributed by atoms with Crippen molar-refractivity contribution in [2.45, 2.75) is 44.4 Å². The third-order valence-electron chi connectivity index (χ3n) is 4.67. The van der Waals surface area contributed by atoms with Crippen LogP contribution in [0, 0.1) is 0 Å². The van der Waals surface area contributed by atoms with Gasteiger partial charge < -0.3 is 10.3 Å². The summed E-state index contributed by atoms with van der Waals surface area (Å²) < 4.78 is 5.31. The second-order valence-corrected chi connectivity index (χ2v) is 6.52. The summed E-state index contributed by atoms with van der Waals surface area (Å²) in [4.78, 5) is 0. The van der Waals surface area contributed by atoms with Crippen LogP contribution in [0.1, 0.15) is 44.7 Å². The molecule has 2 N–H and O–H groups in total. The predicted molar refractivity (Wildman–Crippen MR) is 86.8 cm³/mol. The van der Waals surface area contributed by atoms with Crippen molar-refractivity contribution in [3.05, 3.63) is 33.9 Å². The van der Waals surface area contributed by atoms with Crippen molar-refractivity contribution in [3.8, 4) is 11.1 Å². The van der Waals surface area contributed by atoms with Gasteiger partial charge in [-0.15, -0.1) is 0 Å². The van der Waals surface area contributed by atoms with Gasteiger partial charge in [-0.3, -0.25) is 0 Å². The van der Waals surface area contributed by atoms with Gasteiger partial charge in [-0.1, -0.05) is 54.2 Å². The highest BCUT2D eigenvalue weighted by molar-refractivity contribution is 6.39. The quantitative estimate of drug-likeness (QED) is 0.816. The van der Waals surface area contributed by atoms with Crippen LogP contribution in [0.25, 0.3) is 11.1 Å². The van der Waals surface area contributed by atoms with Crippen molar-refractivity contribution < 1.29 is 4.52 Å². The lowest BCUT2D eigenvalue weighted by molar-refractivity contribution is 0.361. The normalized spacial score (nSPS) is 17.3. The van der Waals surface area contributed by atoms with Crippen molar-refractivity contribution in [1.82, 2.24) is 5.16 Å². The molecule has 0 radical (unpaired) electrons. The molecule has 1 aliphatic rings. The summed E-state index contributed by atoms with van der Waals surface area (Å²) in [7, 11) is 0. The van der Waals surface area contributed by atoms with Gasteiger partial charge in [0.1, 0.15) is 0 Å². The number of nitrogen functional groups attached to an aromatic ring is 1. The monoisotopic (exact) mass is 324 g/mol. The summed E-state index contributed by atoms with van der Waals surface area (Å²) >= 11 is 12.7. The van der Waals surface area contributed by atoms with Crippen molar-refractivity contribution in [2.24, 2.45) is 0 Å². The molecule has 1 aromatic heterocycles. The maximum absolute atomic E-state index is 6.35. The lowest BCUT2D eigenvalue weighted by Crippen LogP contribution is -2.22. The first kappa shape index (κ1) is 14.7. The number of anilines is 1. The van der Waals surface area contributed by atoms with E-state index < -0.39 is 0 Å². The molecule has 1 aromatic carbocycles. The number of nitrogens with two attached hydrogens (primary N) is 1. The van der Waals surface area contributed by atoms with Crippen LogP contribution >= 0.6 is 23.2 Å². The van der Waals surface area contributed by atoms with Gasteiger partial charge in [-0.2, -0.15) is 0 Å². The highest BCUT2D eigenvalue weighted by Crippen LogP contribution is 2.50. The van der Waals surface area contributed by atoms with Gasteiger partial charge in [0.2, 0.25) is 5.88 Å². The zero-order valence-corrected chi connectivity index (χ0v) is 13.5. The first-order valence-electron chi connectivity index (χ1n) is 7.29. The summed E-state index contributed by atoms with van der Waals surface area (Å²) in [6.45, 7) is 2.19. The van der Waals surface area contributed by atoms with Gasteiger partial charge in [0.05, 0.1) is 21.3 Å². The minimum absolute atomic E-state index is 0.0267. The van der Waals surface area contributed by atoms with E-state index >= 15 is 0 Å². The maximum atomic E-state index is 6.35. The van der Waals surface area contributed by atoms with E-state index in [0.29, 0.717) is 15.9 Å². The van der Waals surface area contributed by atoms with E-state index in [1.165, 1.54) is 12.8 Å². The fraction of sp³-hybridized carbons (Fsp3) is 0.438. The zero-order chi connectivity index (χ0) is 15.0. The number of halogens is 2. The largest absolute Gasteiger partial charge is 0.367 e. The lowest BCUT2D eigenvalue weighted by Gasteiger charge is -2.26. The minimum atomic E-state index is 0.0267. The Hall–Kier alpha value is -1.19. The van der Waals surface area contributed by atoms with Crippen LogP contribution in [0.2, 0.25) is 10.0 Å². The standard InChI is InChI=1S/C16H18Cl2N2O/c1-2-16(8-3-4-9-16)14-13(15(19)21-20-14)12-10(17)6-5-7-11(12)18/h5-7H,2-4,8-9,19H2,1H3. The molecule has 3 nitrogen and oxygen atoms in total. The first-order chi connectivity index (χ1) is 10.1. The smallest absolute Gasteiger partial charge is 0.230 e. The number of benzene rings is 1. The van der Waals surface area contributed by atoms with E-state index in [-0.39, 0.29) is 5.41 Å². The van der Waals surface area contributed by atoms with Crippen molar-refractivity contribution in [2.75, 3.05) is 5.73 Å². The fourth-order valence-electron chi connectivity index (χ4n) is 3.45. The van der Waals surface area contributed by atoms with Crippen LogP contribution in [0.15, 0.2) is 22.7 Å². The van der Waals surface area contributed by atoms with Crippen LogP contribution in [-0.2, 0) is 5.41 Å². The van der Waals surface area contributed by atoms with E-state index in [9.17, 15) is 0 Å². The number of hydrogen-bond acceptors (Lipinski definition) is 3. The molecule has 21 heavy (non-hydrogen) atoms. The van der Waals surface area contributed by atoms with Crippen LogP contribution in [0.5, 0.6) is 0 Å². The molecule has 3 rings (SSSR count). The maximum Gasteiger partial charge on any atom is 0.230 e. The third-order valence-corrected chi connectivity index (χ3v) is 5.30. The highest BCUT2D eigenvalue weighted by Gasteiger charge is 2.40. The summed E-state index contributed by atoms with van der Waals surface area (Å²) in [6.07, 6.45) is 5.62. The second-order valence-electron chi connectivity index (χ2n) is 5.71. The minimum Gasteiger partial charge on any atom is -0.367 e. The number of aromatic nitrogens is 1. The van der Waals surface area contributed by atoms with Gasteiger partial charge >= 0.3 is 0 Å². The van der Waals surface area contributed by atoms with Crippen LogP contribution in [0.4, 0.5) is 5.88 Å². The summed E-state index contributed by atoms with van der Waals surface area (Å²) in [5.74, 6) is 0.291. The topological polar surface area (TPSA) is 52.0 Å². The molecule has 0 spiro atoms. The molecule has 0 aliphatic heterocycles. The lowest BCUT2D eigenvalue weighted by atomic mass is 9.77. The third kappa shape index (κ3) is 2.33. The highest BCUT2D eigenvalue weighted by atomic mass is 35.5. The second kappa shape index (κ2) is 5.54. The van der Waals surface area contributed by atoms with Crippen LogP contribution < -0.4 is 5.73 Å². The average Bonchev–Trinajstić information content (AvgIpc) is 3.07. The molecular formula is C16H18Cl2N2O. The number of rotatable bonds is 3. The molecular weight excluding hydrogens is 307 g/mol. The SMILES string of the molecule is CCC1(c2noc(N)c2-c2c(Cl)cccc2Cl)CCCC1. The Morgan fingerprint density at radius 3 is 2.38 bits per heavy atom. The average molecular weight is 325 g/mol. The van der Waals surface area contributed by atoms with E-state index in [1.54, 1.807) is 0 Å². The molecule has 1 heterocycles. The molecule has 0 bridgehead atoms. The van der Waals surface area contributed by atoms with Gasteiger partial charge in [0.15, 0.2) is 0 Å². The van der Waals surface area contributed by atoms with Crippen LogP contribution in [-0.4, -0.2) is 5.16 Å². The molecule has 1 saturated carbocycles. The first-order valence-corrected chi connectivity index (χ1v) is 8.04.